The lowest BCUT2D eigenvalue weighted by atomic mass is 9.95. The second-order valence-corrected chi connectivity index (χ2v) is 6.35. The van der Waals surface area contributed by atoms with Crippen molar-refractivity contribution in [3.05, 3.63) is 54.6 Å². The smallest absolute Gasteiger partial charge is 0.263 e. The maximum absolute atomic E-state index is 14.7. The molecule has 1 saturated heterocycles. The second-order valence-electron chi connectivity index (χ2n) is 6.35. The lowest BCUT2D eigenvalue weighted by molar-refractivity contribution is -0.133. The number of alkyl halides is 1. The van der Waals surface area contributed by atoms with Crippen LogP contribution in [-0.4, -0.2) is 34.2 Å². The number of halogens is 2. The molecule has 26 heavy (non-hydrogen) atoms. The van der Waals surface area contributed by atoms with Crippen molar-refractivity contribution in [1.82, 2.24) is 9.38 Å². The van der Waals surface area contributed by atoms with E-state index in [1.54, 1.807) is 28.8 Å². The number of pyridine rings is 1. The number of carbonyl (C=O) groups is 1. The van der Waals surface area contributed by atoms with E-state index in [4.69, 9.17) is 4.74 Å². The number of benzene rings is 1. The standard InChI is InChI=1S/C19H17F2N3O2/c20-15-4-1-13(2-5-15)14-3-6-17-22-16(12-24(17)11-14)23-18(25)19(21)7-9-26-10-8-19/h1-6,11-12H,7-10H2,(H,23,25). The molecule has 134 valence electrons. The molecule has 3 aromatic rings. The van der Waals surface area contributed by atoms with Crippen LogP contribution < -0.4 is 5.32 Å². The van der Waals surface area contributed by atoms with Crippen molar-refractivity contribution < 1.29 is 18.3 Å². The van der Waals surface area contributed by atoms with Gasteiger partial charge in [-0.15, -0.1) is 0 Å². The normalized spacial score (nSPS) is 16.5. The largest absolute Gasteiger partial charge is 0.381 e. The number of hydrogen-bond acceptors (Lipinski definition) is 3. The van der Waals surface area contributed by atoms with Crippen molar-refractivity contribution in [2.75, 3.05) is 18.5 Å². The number of carbonyl (C=O) groups excluding carboxylic acids is 1. The first-order chi connectivity index (χ1) is 12.5. The van der Waals surface area contributed by atoms with Gasteiger partial charge in [-0.05, 0) is 35.4 Å². The lowest BCUT2D eigenvalue weighted by Gasteiger charge is -2.27. The van der Waals surface area contributed by atoms with E-state index in [1.165, 1.54) is 12.1 Å². The van der Waals surface area contributed by atoms with E-state index >= 15 is 0 Å². The first-order valence-corrected chi connectivity index (χ1v) is 8.36. The molecule has 4 rings (SSSR count). The third-order valence-electron chi connectivity index (χ3n) is 4.56. The van der Waals surface area contributed by atoms with Crippen LogP contribution in [0, 0.1) is 5.82 Å². The van der Waals surface area contributed by atoms with Crippen LogP contribution in [0.5, 0.6) is 0 Å². The third kappa shape index (κ3) is 3.17. The molecule has 0 bridgehead atoms. The molecular weight excluding hydrogens is 340 g/mol. The number of anilines is 1. The van der Waals surface area contributed by atoms with Crippen LogP contribution in [0.2, 0.25) is 0 Å². The highest BCUT2D eigenvalue weighted by atomic mass is 19.1. The average Bonchev–Trinajstić information content (AvgIpc) is 3.04. The summed E-state index contributed by atoms with van der Waals surface area (Å²) in [6, 6.07) is 9.81. The number of hydrogen-bond donors (Lipinski definition) is 1. The fraction of sp³-hybridized carbons (Fsp3) is 0.263. The molecule has 5 nitrogen and oxygen atoms in total. The summed E-state index contributed by atoms with van der Waals surface area (Å²) in [4.78, 5) is 16.6. The molecule has 0 unspecified atom stereocenters. The van der Waals surface area contributed by atoms with Gasteiger partial charge < -0.3 is 14.5 Å². The Kier molecular flexibility index (Phi) is 4.16. The molecule has 0 saturated carbocycles. The average molecular weight is 357 g/mol. The maximum Gasteiger partial charge on any atom is 0.263 e. The van der Waals surface area contributed by atoms with E-state index in [0.717, 1.165) is 11.1 Å². The lowest BCUT2D eigenvalue weighted by Crippen LogP contribution is -2.43. The summed E-state index contributed by atoms with van der Waals surface area (Å²) in [6.07, 6.45) is 3.54. The number of rotatable bonds is 3. The predicted molar refractivity (Wildman–Crippen MR) is 93.1 cm³/mol. The van der Waals surface area contributed by atoms with Crippen molar-refractivity contribution in [1.29, 1.82) is 0 Å². The van der Waals surface area contributed by atoms with Crippen LogP contribution in [0.3, 0.4) is 0 Å². The first kappa shape index (κ1) is 16.7. The molecule has 7 heteroatoms. The molecule has 3 heterocycles. The number of nitrogens with one attached hydrogen (secondary N) is 1. The van der Waals surface area contributed by atoms with Crippen molar-refractivity contribution in [2.45, 2.75) is 18.5 Å². The van der Waals surface area contributed by atoms with Gasteiger partial charge in [0.15, 0.2) is 11.5 Å². The van der Waals surface area contributed by atoms with Crippen molar-refractivity contribution >= 4 is 17.4 Å². The predicted octanol–water partition coefficient (Wildman–Crippen LogP) is 3.60. The van der Waals surface area contributed by atoms with Crippen LogP contribution in [0.25, 0.3) is 16.8 Å². The number of amides is 1. The quantitative estimate of drug-likeness (QED) is 0.779. The van der Waals surface area contributed by atoms with Crippen molar-refractivity contribution in [3.8, 4) is 11.1 Å². The van der Waals surface area contributed by atoms with Gasteiger partial charge in [0, 0.05) is 19.0 Å². The summed E-state index contributed by atoms with van der Waals surface area (Å²) in [6.45, 7) is 0.465. The van der Waals surface area contributed by atoms with E-state index in [9.17, 15) is 13.6 Å². The minimum absolute atomic E-state index is 0.0426. The monoisotopic (exact) mass is 357 g/mol. The molecule has 1 aliphatic rings. The summed E-state index contributed by atoms with van der Waals surface area (Å²) in [5, 5.41) is 2.56. The van der Waals surface area contributed by atoms with E-state index in [-0.39, 0.29) is 37.7 Å². The van der Waals surface area contributed by atoms with Crippen LogP contribution in [0.4, 0.5) is 14.6 Å². The number of ether oxygens (including phenoxy) is 1. The zero-order chi connectivity index (χ0) is 18.1. The molecule has 0 aliphatic carbocycles. The van der Waals surface area contributed by atoms with E-state index in [0.29, 0.717) is 5.65 Å². The van der Waals surface area contributed by atoms with Crippen LogP contribution in [-0.2, 0) is 9.53 Å². The van der Waals surface area contributed by atoms with Crippen LogP contribution in [0.1, 0.15) is 12.8 Å². The summed E-state index contributed by atoms with van der Waals surface area (Å²) >= 11 is 0. The van der Waals surface area contributed by atoms with Crippen LogP contribution >= 0.6 is 0 Å². The Hall–Kier alpha value is -2.80. The van der Waals surface area contributed by atoms with Gasteiger partial charge in [0.2, 0.25) is 0 Å². The van der Waals surface area contributed by atoms with Crippen molar-refractivity contribution in [3.63, 3.8) is 0 Å². The van der Waals surface area contributed by atoms with E-state index in [1.807, 2.05) is 12.3 Å². The van der Waals surface area contributed by atoms with Crippen LogP contribution in [0.15, 0.2) is 48.8 Å². The Balaban J connectivity index is 1.57. The molecular formula is C19H17F2N3O2. The Bertz CT molecular complexity index is 947. The number of fused-ring (bicyclic) bond motifs is 1. The first-order valence-electron chi connectivity index (χ1n) is 8.36. The third-order valence-corrected chi connectivity index (χ3v) is 4.56. The fourth-order valence-electron chi connectivity index (χ4n) is 3.02. The highest BCUT2D eigenvalue weighted by Crippen LogP contribution is 2.27. The number of nitrogens with zero attached hydrogens (tertiary/aromatic N) is 2. The summed E-state index contributed by atoms with van der Waals surface area (Å²) in [5.41, 5.74) is 0.426. The Morgan fingerprint density at radius 2 is 1.77 bits per heavy atom. The molecule has 0 spiro atoms. The van der Waals surface area contributed by atoms with Gasteiger partial charge in [-0.3, -0.25) is 4.79 Å². The highest BCUT2D eigenvalue weighted by molar-refractivity contribution is 5.96. The summed E-state index contributed by atoms with van der Waals surface area (Å²) in [5.74, 6) is -0.701. The minimum Gasteiger partial charge on any atom is -0.381 e. The van der Waals surface area contributed by atoms with Gasteiger partial charge in [-0.25, -0.2) is 13.8 Å². The SMILES string of the molecule is O=C(Nc1cn2cc(-c3ccc(F)cc3)ccc2n1)C1(F)CCOCC1. The highest BCUT2D eigenvalue weighted by Gasteiger charge is 2.40. The Morgan fingerprint density at radius 3 is 2.50 bits per heavy atom. The Labute approximate surface area is 148 Å². The van der Waals surface area contributed by atoms with Gasteiger partial charge in [0.1, 0.15) is 11.5 Å². The van der Waals surface area contributed by atoms with Gasteiger partial charge in [-0.1, -0.05) is 12.1 Å². The second kappa shape index (κ2) is 6.49. The maximum atomic E-state index is 14.7. The van der Waals surface area contributed by atoms with Gasteiger partial charge >= 0.3 is 0 Å². The fourth-order valence-corrected chi connectivity index (χ4v) is 3.02. The molecule has 1 N–H and O–H groups in total. The zero-order valence-electron chi connectivity index (χ0n) is 13.9. The molecule has 1 amide bonds. The minimum atomic E-state index is -1.92. The number of imidazole rings is 1. The topological polar surface area (TPSA) is 55.6 Å². The molecule has 1 aliphatic heterocycles. The zero-order valence-corrected chi connectivity index (χ0v) is 13.9. The van der Waals surface area contributed by atoms with Gasteiger partial charge in [0.05, 0.1) is 19.4 Å². The molecule has 1 aromatic carbocycles. The summed E-state index contributed by atoms with van der Waals surface area (Å²) < 4.78 is 34.6. The van der Waals surface area contributed by atoms with E-state index < -0.39 is 11.6 Å². The van der Waals surface area contributed by atoms with Crippen molar-refractivity contribution in [2.24, 2.45) is 0 Å². The molecule has 0 radical (unpaired) electrons. The number of aromatic nitrogens is 2. The van der Waals surface area contributed by atoms with Gasteiger partial charge in [0.25, 0.3) is 5.91 Å². The molecule has 0 atom stereocenters. The van der Waals surface area contributed by atoms with E-state index in [2.05, 4.69) is 10.3 Å². The summed E-state index contributed by atoms with van der Waals surface area (Å²) in [7, 11) is 0. The Morgan fingerprint density at radius 1 is 1.08 bits per heavy atom. The van der Waals surface area contributed by atoms with Gasteiger partial charge in [-0.2, -0.15) is 0 Å². The molecule has 1 fully saturated rings. The molecule has 2 aromatic heterocycles.